The van der Waals surface area contributed by atoms with Crippen LogP contribution in [0.1, 0.15) is 37.7 Å². The monoisotopic (exact) mass is 286 g/mol. The third kappa shape index (κ3) is 3.21. The average molecular weight is 286 g/mol. The zero-order valence-electron chi connectivity index (χ0n) is 13.1. The van der Waals surface area contributed by atoms with Gasteiger partial charge >= 0.3 is 0 Å². The molecular formula is C19H26O2. The lowest BCUT2D eigenvalue weighted by atomic mass is 9.62. The number of hydrogen-bond donors (Lipinski definition) is 1. The number of benzene rings is 1. The molecule has 1 saturated carbocycles. The summed E-state index contributed by atoms with van der Waals surface area (Å²) in [4.78, 5) is 0. The van der Waals surface area contributed by atoms with E-state index in [1.807, 2.05) is 18.2 Å². The smallest absolute Gasteiger partial charge is 0.118 e. The van der Waals surface area contributed by atoms with Crippen molar-refractivity contribution in [3.05, 3.63) is 54.6 Å². The molecule has 0 aliphatic heterocycles. The van der Waals surface area contributed by atoms with Crippen molar-refractivity contribution in [1.29, 1.82) is 0 Å². The van der Waals surface area contributed by atoms with E-state index < -0.39 is 0 Å². The highest BCUT2D eigenvalue weighted by molar-refractivity contribution is 5.32. The van der Waals surface area contributed by atoms with Gasteiger partial charge in [-0.25, -0.2) is 0 Å². The largest absolute Gasteiger partial charge is 0.497 e. The van der Waals surface area contributed by atoms with Gasteiger partial charge in [0.1, 0.15) is 5.75 Å². The maximum Gasteiger partial charge on any atom is 0.118 e. The van der Waals surface area contributed by atoms with E-state index in [9.17, 15) is 5.11 Å². The van der Waals surface area contributed by atoms with Crippen LogP contribution in [-0.2, 0) is 0 Å². The summed E-state index contributed by atoms with van der Waals surface area (Å²) in [7, 11) is 1.68. The van der Waals surface area contributed by atoms with Gasteiger partial charge < -0.3 is 9.84 Å². The molecule has 0 heterocycles. The van der Waals surface area contributed by atoms with Crippen LogP contribution in [0, 0.1) is 11.3 Å². The Balaban J connectivity index is 2.32. The van der Waals surface area contributed by atoms with Crippen molar-refractivity contribution in [2.45, 2.75) is 32.1 Å². The van der Waals surface area contributed by atoms with Crippen molar-refractivity contribution < 1.29 is 9.84 Å². The van der Waals surface area contributed by atoms with E-state index in [2.05, 4.69) is 32.2 Å². The molecule has 1 fully saturated rings. The molecule has 1 aliphatic carbocycles. The summed E-state index contributed by atoms with van der Waals surface area (Å²) in [6, 6.07) is 8.29. The number of rotatable bonds is 5. The van der Waals surface area contributed by atoms with Gasteiger partial charge in [-0.2, -0.15) is 0 Å². The topological polar surface area (TPSA) is 29.5 Å². The van der Waals surface area contributed by atoms with Gasteiger partial charge in [-0.15, -0.1) is 6.58 Å². The first-order chi connectivity index (χ1) is 10.0. The van der Waals surface area contributed by atoms with Crippen LogP contribution in [0.4, 0.5) is 0 Å². The van der Waals surface area contributed by atoms with Crippen LogP contribution in [0.15, 0.2) is 49.1 Å². The zero-order chi connectivity index (χ0) is 15.5. The quantitative estimate of drug-likeness (QED) is 0.817. The second kappa shape index (κ2) is 6.48. The van der Waals surface area contributed by atoms with Crippen LogP contribution in [0.3, 0.4) is 0 Å². The normalized spacial score (nSPS) is 28.9. The van der Waals surface area contributed by atoms with Gasteiger partial charge in [0, 0.05) is 5.41 Å². The summed E-state index contributed by atoms with van der Waals surface area (Å²) in [6.45, 7) is 10.4. The van der Waals surface area contributed by atoms with Crippen molar-refractivity contribution in [3.8, 4) is 5.75 Å². The molecule has 0 saturated heterocycles. The molecule has 0 unspecified atom stereocenters. The molecule has 0 spiro atoms. The van der Waals surface area contributed by atoms with E-state index in [0.717, 1.165) is 25.0 Å². The number of aliphatic hydroxyl groups is 1. The molecule has 21 heavy (non-hydrogen) atoms. The fraction of sp³-hybridized carbons (Fsp3) is 0.474. The second-order valence-corrected chi connectivity index (χ2v) is 6.30. The van der Waals surface area contributed by atoms with Gasteiger partial charge in [0.05, 0.1) is 13.7 Å². The molecule has 3 atom stereocenters. The third-order valence-corrected chi connectivity index (χ3v) is 4.99. The Morgan fingerprint density at radius 1 is 1.43 bits per heavy atom. The molecule has 2 rings (SSSR count). The Labute approximate surface area is 128 Å². The summed E-state index contributed by atoms with van der Waals surface area (Å²) >= 11 is 0. The SMILES string of the molecule is C=C[C@]1(CO)CC[C@@H](C(=C)C)[C@H](c2ccc(OC)cc2)C1. The maximum atomic E-state index is 9.80. The summed E-state index contributed by atoms with van der Waals surface area (Å²) in [5.74, 6) is 1.73. The van der Waals surface area contributed by atoms with E-state index in [0.29, 0.717) is 11.8 Å². The summed E-state index contributed by atoms with van der Waals surface area (Å²) in [5, 5.41) is 9.80. The standard InChI is InChI=1S/C19H26O2/c1-5-19(13-20)11-10-17(14(2)3)18(12-19)15-6-8-16(21-4)9-7-15/h5-9,17-18,20H,1-2,10-13H2,3-4H3/t17-,18-,19-/m0/s1. The fourth-order valence-corrected chi connectivity index (χ4v) is 3.51. The second-order valence-electron chi connectivity index (χ2n) is 6.30. The average Bonchev–Trinajstić information content (AvgIpc) is 2.54. The van der Waals surface area contributed by atoms with Crippen molar-refractivity contribution in [3.63, 3.8) is 0 Å². The molecular weight excluding hydrogens is 260 g/mol. The molecule has 2 heteroatoms. The minimum Gasteiger partial charge on any atom is -0.497 e. The molecule has 1 aliphatic rings. The first kappa shape index (κ1) is 15.8. The van der Waals surface area contributed by atoms with E-state index in [4.69, 9.17) is 4.74 Å². The Morgan fingerprint density at radius 2 is 2.10 bits per heavy atom. The number of methoxy groups -OCH3 is 1. The molecule has 0 aromatic heterocycles. The summed E-state index contributed by atoms with van der Waals surface area (Å²) < 4.78 is 5.24. The van der Waals surface area contributed by atoms with E-state index in [-0.39, 0.29) is 12.0 Å². The predicted octanol–water partition coefficient (Wildman–Crippen LogP) is 4.32. The number of allylic oxidation sites excluding steroid dienone is 1. The van der Waals surface area contributed by atoms with Gasteiger partial charge in [-0.05, 0) is 55.7 Å². The number of hydrogen-bond acceptors (Lipinski definition) is 2. The van der Waals surface area contributed by atoms with Crippen molar-refractivity contribution >= 4 is 0 Å². The van der Waals surface area contributed by atoms with Crippen LogP contribution in [0.5, 0.6) is 5.75 Å². The highest BCUT2D eigenvalue weighted by Crippen LogP contribution is 2.49. The third-order valence-electron chi connectivity index (χ3n) is 4.99. The van der Waals surface area contributed by atoms with Gasteiger partial charge in [-0.3, -0.25) is 0 Å². The van der Waals surface area contributed by atoms with Gasteiger partial charge in [-0.1, -0.05) is 30.4 Å². The predicted molar refractivity (Wildman–Crippen MR) is 87.6 cm³/mol. The van der Waals surface area contributed by atoms with E-state index >= 15 is 0 Å². The minimum atomic E-state index is -0.156. The van der Waals surface area contributed by atoms with Crippen LogP contribution in [0.25, 0.3) is 0 Å². The molecule has 0 radical (unpaired) electrons. The van der Waals surface area contributed by atoms with Gasteiger partial charge in [0.2, 0.25) is 0 Å². The van der Waals surface area contributed by atoms with Crippen LogP contribution >= 0.6 is 0 Å². The highest BCUT2D eigenvalue weighted by Gasteiger charge is 2.39. The Morgan fingerprint density at radius 3 is 2.57 bits per heavy atom. The van der Waals surface area contributed by atoms with Crippen LogP contribution < -0.4 is 4.74 Å². The van der Waals surface area contributed by atoms with Crippen LogP contribution in [0.2, 0.25) is 0 Å². The number of ether oxygens (including phenoxy) is 1. The highest BCUT2D eigenvalue weighted by atomic mass is 16.5. The van der Waals surface area contributed by atoms with E-state index in [1.54, 1.807) is 7.11 Å². The first-order valence-corrected chi connectivity index (χ1v) is 7.59. The molecule has 1 aromatic rings. The molecule has 0 bridgehead atoms. The summed E-state index contributed by atoms with van der Waals surface area (Å²) in [6.07, 6.45) is 4.91. The van der Waals surface area contributed by atoms with Gasteiger partial charge in [0.25, 0.3) is 0 Å². The van der Waals surface area contributed by atoms with Crippen molar-refractivity contribution in [1.82, 2.24) is 0 Å². The van der Waals surface area contributed by atoms with Crippen molar-refractivity contribution in [2.24, 2.45) is 11.3 Å². The lowest BCUT2D eigenvalue weighted by Gasteiger charge is -2.43. The number of aliphatic hydroxyl groups excluding tert-OH is 1. The molecule has 1 N–H and O–H groups in total. The maximum absolute atomic E-state index is 9.80. The van der Waals surface area contributed by atoms with Gasteiger partial charge in [0.15, 0.2) is 0 Å². The molecule has 2 nitrogen and oxygen atoms in total. The van der Waals surface area contributed by atoms with Crippen LogP contribution in [-0.4, -0.2) is 18.8 Å². The Hall–Kier alpha value is -1.54. The molecule has 1 aromatic carbocycles. The molecule has 114 valence electrons. The molecule has 0 amide bonds. The minimum absolute atomic E-state index is 0.156. The first-order valence-electron chi connectivity index (χ1n) is 7.59. The van der Waals surface area contributed by atoms with E-state index in [1.165, 1.54) is 11.1 Å². The van der Waals surface area contributed by atoms with Crippen molar-refractivity contribution in [2.75, 3.05) is 13.7 Å². The lowest BCUT2D eigenvalue weighted by molar-refractivity contribution is 0.100. The Bertz CT molecular complexity index is 503. The fourth-order valence-electron chi connectivity index (χ4n) is 3.51. The zero-order valence-corrected chi connectivity index (χ0v) is 13.1. The summed E-state index contributed by atoms with van der Waals surface area (Å²) in [5.41, 5.74) is 2.37. The Kier molecular flexibility index (Phi) is 4.89. The lowest BCUT2D eigenvalue weighted by Crippen LogP contribution is -2.34.